The van der Waals surface area contributed by atoms with E-state index in [2.05, 4.69) is 50.4 Å². The third-order valence-corrected chi connectivity index (χ3v) is 16.0. The molecule has 0 aliphatic carbocycles. The largest absolute Gasteiger partial charge is 0.454 e. The van der Waals surface area contributed by atoms with Crippen molar-refractivity contribution in [3.63, 3.8) is 0 Å². The summed E-state index contributed by atoms with van der Waals surface area (Å²) in [5, 5.41) is 57.1. The van der Waals surface area contributed by atoms with Crippen LogP contribution in [-0.4, -0.2) is 99.6 Å². The van der Waals surface area contributed by atoms with E-state index < -0.39 is 67.4 Å². The van der Waals surface area contributed by atoms with Crippen LogP contribution in [0.2, 0.25) is 0 Å². The van der Waals surface area contributed by atoms with Crippen molar-refractivity contribution in [2.75, 3.05) is 13.2 Å². The molecule has 1 fully saturated rings. The lowest BCUT2D eigenvalue weighted by molar-refractivity contribution is -0.305. The molecule has 0 spiro atoms. The number of carbonyl (C=O) groups is 2. The van der Waals surface area contributed by atoms with Gasteiger partial charge in [-0.2, -0.15) is 0 Å². The molecule has 1 saturated heterocycles. The fourth-order valence-electron chi connectivity index (χ4n) is 10.6. The summed E-state index contributed by atoms with van der Waals surface area (Å²) in [5.41, 5.74) is 0. The Kier molecular flexibility index (Phi) is 53.4. The van der Waals surface area contributed by atoms with Gasteiger partial charge in [-0.15, -0.1) is 0 Å². The molecule has 11 nitrogen and oxygen atoms in total. The SMILES string of the molecule is CCCCCCCC/C=C/CCCCCCCCCCCCCCC(O)C(=O)NC(COC1OC(CO)C(O)C(O)C1OC(=O)CCCCCCCCC/C=C/CCCCCCCC)C(O)/C=C/CCCCCCCCCCC. The Morgan fingerprint density at radius 1 is 0.481 bits per heavy atom. The minimum absolute atomic E-state index is 0.121. The van der Waals surface area contributed by atoms with Gasteiger partial charge in [0.05, 0.1) is 25.4 Å². The summed E-state index contributed by atoms with van der Waals surface area (Å²) in [6.07, 6.45) is 57.6. The van der Waals surface area contributed by atoms with Crippen LogP contribution in [0.3, 0.4) is 0 Å². The number of rotatable bonds is 58. The van der Waals surface area contributed by atoms with Crippen LogP contribution in [-0.2, 0) is 23.8 Å². The maximum absolute atomic E-state index is 13.5. The van der Waals surface area contributed by atoms with Gasteiger partial charge in [0.15, 0.2) is 12.4 Å². The second-order valence-corrected chi connectivity index (χ2v) is 23.6. The van der Waals surface area contributed by atoms with E-state index in [0.29, 0.717) is 19.3 Å². The number of aliphatic hydroxyl groups excluding tert-OH is 5. The number of allylic oxidation sites excluding steroid dienone is 5. The van der Waals surface area contributed by atoms with Gasteiger partial charge in [-0.05, 0) is 77.0 Å². The van der Waals surface area contributed by atoms with Gasteiger partial charge in [0.25, 0.3) is 0 Å². The molecule has 1 heterocycles. The third kappa shape index (κ3) is 44.1. The highest BCUT2D eigenvalue weighted by atomic mass is 16.7. The van der Waals surface area contributed by atoms with Crippen molar-refractivity contribution in [2.45, 2.75) is 372 Å². The summed E-state index contributed by atoms with van der Waals surface area (Å²) in [5.74, 6) is -1.19. The van der Waals surface area contributed by atoms with Crippen molar-refractivity contribution in [2.24, 2.45) is 0 Å². The number of nitrogens with one attached hydrogen (secondary N) is 1. The first-order valence-electron chi connectivity index (χ1n) is 33.8. The van der Waals surface area contributed by atoms with E-state index in [4.69, 9.17) is 14.2 Å². The zero-order valence-electron chi connectivity index (χ0n) is 51.5. The molecule has 8 atom stereocenters. The van der Waals surface area contributed by atoms with E-state index >= 15 is 0 Å². The van der Waals surface area contributed by atoms with Gasteiger partial charge < -0.3 is 45.1 Å². The number of hydrogen-bond acceptors (Lipinski definition) is 10. The van der Waals surface area contributed by atoms with Crippen molar-refractivity contribution in [1.82, 2.24) is 5.32 Å². The molecule has 0 radical (unpaired) electrons. The predicted octanol–water partition coefficient (Wildman–Crippen LogP) is 16.6. The van der Waals surface area contributed by atoms with Gasteiger partial charge in [0.2, 0.25) is 5.91 Å². The van der Waals surface area contributed by atoms with Crippen LogP contribution >= 0.6 is 0 Å². The van der Waals surface area contributed by atoms with Crippen LogP contribution in [0.15, 0.2) is 36.5 Å². The maximum Gasteiger partial charge on any atom is 0.306 e. The average Bonchev–Trinajstić information content (AvgIpc) is 3.45. The monoisotopic (exact) mass is 1120 g/mol. The topological polar surface area (TPSA) is 175 Å². The van der Waals surface area contributed by atoms with Gasteiger partial charge in [-0.25, -0.2) is 0 Å². The lowest BCUT2D eigenvalue weighted by atomic mass is 9.99. The Balaban J connectivity index is 2.59. The maximum atomic E-state index is 13.5. The number of aliphatic hydroxyl groups is 5. The number of hydrogen-bond donors (Lipinski definition) is 6. The molecule has 0 bridgehead atoms. The van der Waals surface area contributed by atoms with Crippen LogP contribution in [0.1, 0.15) is 323 Å². The quantitative estimate of drug-likeness (QED) is 0.0195. The average molecular weight is 1120 g/mol. The first-order valence-corrected chi connectivity index (χ1v) is 33.8. The molecule has 1 rings (SSSR count). The summed E-state index contributed by atoms with van der Waals surface area (Å²) in [7, 11) is 0. The second-order valence-electron chi connectivity index (χ2n) is 23.6. The Labute approximate surface area is 485 Å². The summed E-state index contributed by atoms with van der Waals surface area (Å²) in [4.78, 5) is 26.6. The fourth-order valence-corrected chi connectivity index (χ4v) is 10.6. The molecule has 1 amide bonds. The summed E-state index contributed by atoms with van der Waals surface area (Å²) < 4.78 is 17.6. The number of amides is 1. The molecule has 0 saturated carbocycles. The zero-order chi connectivity index (χ0) is 57.5. The Morgan fingerprint density at radius 2 is 0.835 bits per heavy atom. The third-order valence-electron chi connectivity index (χ3n) is 16.0. The van der Waals surface area contributed by atoms with Gasteiger partial charge in [-0.1, -0.05) is 276 Å². The standard InChI is InChI=1S/C68H127NO10/c1-4-7-10-13-16-19-22-24-26-28-29-30-31-32-34-35-37-40-43-46-49-52-55-61(72)67(76)69-59(60(71)54-51-48-45-42-39-21-18-15-12-9-6-3)58-77-68-66(65(75)64(74)62(57-70)78-68)79-63(73)56-53-50-47-44-41-38-36-33-27-25-23-20-17-14-11-8-5-2/h24-27,51,54,59-62,64-66,68,70-72,74-75H,4-23,28-50,52-53,55-58H2,1-3H3,(H,69,76)/b26-24+,27-25+,54-51+. The van der Waals surface area contributed by atoms with Crippen LogP contribution in [0.5, 0.6) is 0 Å². The molecule has 0 aromatic rings. The molecule has 1 aliphatic heterocycles. The Morgan fingerprint density at radius 3 is 1.23 bits per heavy atom. The lowest BCUT2D eigenvalue weighted by Crippen LogP contribution is -2.61. The minimum atomic E-state index is -1.61. The Bertz CT molecular complexity index is 1420. The zero-order valence-corrected chi connectivity index (χ0v) is 51.5. The van der Waals surface area contributed by atoms with Crippen LogP contribution in [0.25, 0.3) is 0 Å². The second kappa shape index (κ2) is 56.4. The van der Waals surface area contributed by atoms with Crippen molar-refractivity contribution in [3.05, 3.63) is 36.5 Å². The van der Waals surface area contributed by atoms with Crippen molar-refractivity contribution in [3.8, 4) is 0 Å². The first kappa shape index (κ1) is 74.9. The summed E-state index contributed by atoms with van der Waals surface area (Å²) in [6.45, 7) is 5.81. The van der Waals surface area contributed by atoms with Crippen molar-refractivity contribution >= 4 is 11.9 Å². The lowest BCUT2D eigenvalue weighted by Gasteiger charge is -2.41. The summed E-state index contributed by atoms with van der Waals surface area (Å²) >= 11 is 0. The number of unbranched alkanes of at least 4 members (excludes halogenated alkanes) is 40. The van der Waals surface area contributed by atoms with Crippen molar-refractivity contribution in [1.29, 1.82) is 0 Å². The van der Waals surface area contributed by atoms with E-state index in [1.54, 1.807) is 6.08 Å². The van der Waals surface area contributed by atoms with Crippen molar-refractivity contribution < 1.29 is 49.3 Å². The highest BCUT2D eigenvalue weighted by molar-refractivity contribution is 5.80. The summed E-state index contributed by atoms with van der Waals surface area (Å²) in [6, 6.07) is -1.02. The molecule has 6 N–H and O–H groups in total. The van der Waals surface area contributed by atoms with Gasteiger partial charge in [0.1, 0.15) is 24.4 Å². The van der Waals surface area contributed by atoms with Gasteiger partial charge in [0, 0.05) is 6.42 Å². The number of ether oxygens (including phenoxy) is 3. The molecular formula is C68H127NO10. The molecule has 0 aromatic heterocycles. The molecule has 8 unspecified atom stereocenters. The van der Waals surface area contributed by atoms with E-state index in [1.807, 2.05) is 6.08 Å². The molecule has 0 aromatic carbocycles. The van der Waals surface area contributed by atoms with E-state index in [9.17, 15) is 35.1 Å². The van der Waals surface area contributed by atoms with E-state index in [1.165, 1.54) is 205 Å². The molecule has 464 valence electrons. The predicted molar refractivity (Wildman–Crippen MR) is 329 cm³/mol. The molecule has 11 heteroatoms. The number of carbonyl (C=O) groups excluding carboxylic acids is 2. The molecule has 79 heavy (non-hydrogen) atoms. The molecule has 1 aliphatic rings. The normalized spacial score (nSPS) is 19.0. The van der Waals surface area contributed by atoms with E-state index in [0.717, 1.165) is 70.6 Å². The van der Waals surface area contributed by atoms with E-state index in [-0.39, 0.29) is 13.0 Å². The van der Waals surface area contributed by atoms with Gasteiger partial charge >= 0.3 is 5.97 Å². The highest BCUT2D eigenvalue weighted by Gasteiger charge is 2.47. The molecular weight excluding hydrogens is 991 g/mol. The van der Waals surface area contributed by atoms with Gasteiger partial charge in [-0.3, -0.25) is 9.59 Å². The van der Waals surface area contributed by atoms with Crippen LogP contribution in [0, 0.1) is 0 Å². The smallest absolute Gasteiger partial charge is 0.306 e. The van der Waals surface area contributed by atoms with Crippen LogP contribution in [0.4, 0.5) is 0 Å². The Hall–Kier alpha value is -2.12. The fraction of sp³-hybridized carbons (Fsp3) is 0.882. The number of esters is 1. The first-order chi connectivity index (χ1) is 38.7. The highest BCUT2D eigenvalue weighted by Crippen LogP contribution is 2.26. The van der Waals surface area contributed by atoms with Crippen LogP contribution < -0.4 is 5.32 Å². The minimum Gasteiger partial charge on any atom is -0.454 e.